The fourth-order valence-electron chi connectivity index (χ4n) is 4.98. The highest BCUT2D eigenvalue weighted by molar-refractivity contribution is 7.10. The van der Waals surface area contributed by atoms with Crippen LogP contribution in [0.2, 0.25) is 0 Å². The Balaban J connectivity index is 1.48. The highest BCUT2D eigenvalue weighted by Gasteiger charge is 2.35. The number of nitro benzene ring substituents is 1. The van der Waals surface area contributed by atoms with Crippen molar-refractivity contribution in [3.05, 3.63) is 97.9 Å². The summed E-state index contributed by atoms with van der Waals surface area (Å²) in [7, 11) is 0. The van der Waals surface area contributed by atoms with Crippen molar-refractivity contribution in [3.8, 4) is 0 Å². The summed E-state index contributed by atoms with van der Waals surface area (Å²) in [6.07, 6.45) is 3.67. The number of hydrogen-bond acceptors (Lipinski definition) is 7. The van der Waals surface area contributed by atoms with Crippen LogP contribution in [-0.2, 0) is 16.0 Å². The molecule has 2 aromatic carbocycles. The Morgan fingerprint density at radius 1 is 1.10 bits per heavy atom. The molecule has 5 rings (SSSR count). The summed E-state index contributed by atoms with van der Waals surface area (Å²) in [5.74, 6) is -0.856. The van der Waals surface area contributed by atoms with E-state index in [-0.39, 0.29) is 17.0 Å². The molecule has 0 radical (unpaired) electrons. The summed E-state index contributed by atoms with van der Waals surface area (Å²) >= 11 is 1.65. The van der Waals surface area contributed by atoms with Crippen molar-refractivity contribution in [2.24, 2.45) is 11.3 Å². The Hall–Kier alpha value is -4.37. The van der Waals surface area contributed by atoms with Crippen LogP contribution in [0.25, 0.3) is 22.6 Å². The molecule has 8 nitrogen and oxygen atoms in total. The number of esters is 1. The van der Waals surface area contributed by atoms with E-state index in [0.29, 0.717) is 28.6 Å². The van der Waals surface area contributed by atoms with Crippen LogP contribution in [-0.4, -0.2) is 28.4 Å². The number of ether oxygens (including phenoxy) is 1. The van der Waals surface area contributed by atoms with Gasteiger partial charge in [0.1, 0.15) is 0 Å². The number of allylic oxidation sites excluding steroid dienone is 1. The topological polar surface area (TPSA) is 111 Å². The Morgan fingerprint density at radius 3 is 2.52 bits per heavy atom. The molecule has 1 amide bonds. The zero-order valence-electron chi connectivity index (χ0n) is 22.5. The number of aromatic nitrogens is 1. The van der Waals surface area contributed by atoms with Crippen LogP contribution < -0.4 is 5.32 Å². The van der Waals surface area contributed by atoms with Gasteiger partial charge in [-0.1, -0.05) is 45.0 Å². The van der Waals surface area contributed by atoms with Gasteiger partial charge in [-0.05, 0) is 71.0 Å². The highest BCUT2D eigenvalue weighted by Crippen LogP contribution is 2.45. The summed E-state index contributed by atoms with van der Waals surface area (Å²) < 4.78 is 5.56. The van der Waals surface area contributed by atoms with E-state index >= 15 is 0 Å². The van der Waals surface area contributed by atoms with Crippen LogP contribution in [0, 0.1) is 21.4 Å². The second-order valence-electron chi connectivity index (χ2n) is 10.9. The van der Waals surface area contributed by atoms with Crippen LogP contribution in [0.4, 0.5) is 11.4 Å². The van der Waals surface area contributed by atoms with Gasteiger partial charge in [0.15, 0.2) is 6.61 Å². The third-order valence-electron chi connectivity index (χ3n) is 7.20. The van der Waals surface area contributed by atoms with Gasteiger partial charge in [-0.2, -0.15) is 0 Å². The fraction of sp³-hybridized carbons (Fsp3) is 0.258. The number of para-hydroxylation sites is 1. The lowest BCUT2D eigenvalue weighted by atomic mass is 9.69. The predicted molar refractivity (Wildman–Crippen MR) is 157 cm³/mol. The molecule has 2 aromatic heterocycles. The molecule has 4 aromatic rings. The van der Waals surface area contributed by atoms with E-state index in [4.69, 9.17) is 9.72 Å². The molecule has 1 aliphatic rings. The third kappa shape index (κ3) is 5.79. The quantitative estimate of drug-likeness (QED) is 0.154. The second-order valence-corrected chi connectivity index (χ2v) is 11.9. The molecule has 0 fully saturated rings. The fourth-order valence-corrected chi connectivity index (χ4v) is 5.66. The Morgan fingerprint density at radius 2 is 1.85 bits per heavy atom. The maximum Gasteiger partial charge on any atom is 0.339 e. The summed E-state index contributed by atoms with van der Waals surface area (Å²) in [6, 6.07) is 17.0. The minimum atomic E-state index is -0.585. The average Bonchev–Trinajstić information content (AvgIpc) is 3.43. The van der Waals surface area contributed by atoms with Gasteiger partial charge in [-0.3, -0.25) is 14.9 Å². The lowest BCUT2D eigenvalue weighted by Crippen LogP contribution is -2.29. The predicted octanol–water partition coefficient (Wildman–Crippen LogP) is 7.15. The van der Waals surface area contributed by atoms with Crippen molar-refractivity contribution in [3.63, 3.8) is 0 Å². The van der Waals surface area contributed by atoms with Crippen molar-refractivity contribution >= 4 is 57.1 Å². The number of thiophene rings is 1. The largest absolute Gasteiger partial charge is 0.452 e. The summed E-state index contributed by atoms with van der Waals surface area (Å²) in [5, 5.41) is 16.2. The summed E-state index contributed by atoms with van der Waals surface area (Å²) in [4.78, 5) is 42.7. The van der Waals surface area contributed by atoms with E-state index in [1.165, 1.54) is 24.3 Å². The number of fused-ring (bicyclic) bond motifs is 2. The molecule has 0 saturated heterocycles. The lowest BCUT2D eigenvalue weighted by Gasteiger charge is -2.36. The molecule has 1 N–H and O–H groups in total. The smallest absolute Gasteiger partial charge is 0.339 e. The number of nitrogens with zero attached hydrogens (tertiary/aromatic N) is 2. The minimum Gasteiger partial charge on any atom is -0.452 e. The Kier molecular flexibility index (Phi) is 7.49. The van der Waals surface area contributed by atoms with Crippen LogP contribution in [0.5, 0.6) is 0 Å². The first kappa shape index (κ1) is 27.2. The van der Waals surface area contributed by atoms with Crippen molar-refractivity contribution in [1.29, 1.82) is 0 Å². The normalized spacial score (nSPS) is 16.0. The SMILES string of the molecule is CC(C)(C)C1C/C(=C\c2cccs2)c2nc3ccccc3c(C(=O)OCC(=O)Nc3ccc([N+](=O)[O-])cc3)c2C1. The maximum absolute atomic E-state index is 13.7. The van der Waals surface area contributed by atoms with Crippen LogP contribution >= 0.6 is 11.3 Å². The molecule has 0 aliphatic heterocycles. The van der Waals surface area contributed by atoms with Crippen molar-refractivity contribution in [2.75, 3.05) is 11.9 Å². The molecule has 204 valence electrons. The monoisotopic (exact) mass is 555 g/mol. The summed E-state index contributed by atoms with van der Waals surface area (Å²) in [6.45, 7) is 6.13. The number of amides is 1. The molecule has 1 aliphatic carbocycles. The van der Waals surface area contributed by atoms with Crippen LogP contribution in [0.15, 0.2) is 66.0 Å². The van der Waals surface area contributed by atoms with Gasteiger partial charge in [-0.25, -0.2) is 9.78 Å². The lowest BCUT2D eigenvalue weighted by molar-refractivity contribution is -0.384. The van der Waals surface area contributed by atoms with Gasteiger partial charge in [0.05, 0.1) is 21.7 Å². The first-order valence-corrected chi connectivity index (χ1v) is 13.9. The molecule has 40 heavy (non-hydrogen) atoms. The van der Waals surface area contributed by atoms with Crippen LogP contribution in [0.3, 0.4) is 0 Å². The first-order chi connectivity index (χ1) is 19.1. The van der Waals surface area contributed by atoms with Gasteiger partial charge < -0.3 is 10.1 Å². The van der Waals surface area contributed by atoms with Crippen molar-refractivity contribution in [2.45, 2.75) is 33.6 Å². The van der Waals surface area contributed by atoms with E-state index < -0.39 is 23.4 Å². The van der Waals surface area contributed by atoms with Gasteiger partial charge in [-0.15, -0.1) is 11.3 Å². The van der Waals surface area contributed by atoms with E-state index in [0.717, 1.165) is 28.1 Å². The molecule has 0 saturated carbocycles. The second kappa shape index (κ2) is 11.0. The number of carbonyl (C=O) groups is 2. The standard InChI is InChI=1S/C31H29N3O5S/c1-31(2,3)20-15-19(16-23-7-6-14-40-23)29-25(17-20)28(24-8-4-5-9-26(24)33-29)30(36)39-18-27(35)32-21-10-12-22(13-11-21)34(37)38/h4-14,16,20H,15,17-18H2,1-3H3,(H,32,35)/b19-16+. The highest BCUT2D eigenvalue weighted by atomic mass is 32.1. The number of nitrogens with one attached hydrogen (secondary N) is 1. The van der Waals surface area contributed by atoms with Gasteiger partial charge in [0.2, 0.25) is 0 Å². The van der Waals surface area contributed by atoms with Gasteiger partial charge >= 0.3 is 5.97 Å². The Bertz CT molecular complexity index is 1620. The molecule has 0 bridgehead atoms. The Labute approximate surface area is 235 Å². The molecule has 9 heteroatoms. The van der Waals surface area contributed by atoms with Gasteiger partial charge in [0, 0.05) is 28.1 Å². The van der Waals surface area contributed by atoms with E-state index in [9.17, 15) is 19.7 Å². The molecule has 1 atom stereocenters. The average molecular weight is 556 g/mol. The first-order valence-electron chi connectivity index (χ1n) is 13.0. The molecular weight excluding hydrogens is 526 g/mol. The summed E-state index contributed by atoms with van der Waals surface area (Å²) in [5.41, 5.74) is 4.13. The molecule has 1 unspecified atom stereocenters. The van der Waals surface area contributed by atoms with E-state index in [1.54, 1.807) is 11.3 Å². The van der Waals surface area contributed by atoms with E-state index in [2.05, 4.69) is 38.2 Å². The molecule has 0 spiro atoms. The number of nitro groups is 1. The number of rotatable bonds is 6. The third-order valence-corrected chi connectivity index (χ3v) is 8.02. The molecular formula is C31H29N3O5S. The number of non-ortho nitro benzene ring substituents is 1. The number of carbonyl (C=O) groups excluding carboxylic acids is 2. The number of pyridine rings is 1. The van der Waals surface area contributed by atoms with Crippen LogP contribution in [0.1, 0.15) is 53.7 Å². The van der Waals surface area contributed by atoms with Crippen molar-refractivity contribution in [1.82, 2.24) is 4.98 Å². The van der Waals surface area contributed by atoms with E-state index in [1.807, 2.05) is 35.7 Å². The van der Waals surface area contributed by atoms with Gasteiger partial charge in [0.25, 0.3) is 11.6 Å². The number of benzene rings is 2. The maximum atomic E-state index is 13.7. The minimum absolute atomic E-state index is 0.0102. The number of anilines is 1. The molecule has 2 heterocycles. The van der Waals surface area contributed by atoms with Crippen molar-refractivity contribution < 1.29 is 19.2 Å². The zero-order valence-corrected chi connectivity index (χ0v) is 23.3. The zero-order chi connectivity index (χ0) is 28.4. The number of hydrogen-bond donors (Lipinski definition) is 1.